The van der Waals surface area contributed by atoms with E-state index >= 15 is 0 Å². The molecule has 0 saturated heterocycles. The number of rotatable bonds is 10. The van der Waals surface area contributed by atoms with Crippen LogP contribution in [0, 0.1) is 5.92 Å². The molecule has 2 aromatic rings. The van der Waals surface area contributed by atoms with Gasteiger partial charge >= 0.3 is 11.9 Å². The monoisotopic (exact) mass is 474 g/mol. The van der Waals surface area contributed by atoms with Crippen molar-refractivity contribution in [3.8, 4) is 0 Å². The minimum Gasteiger partial charge on any atom is -0.481 e. The van der Waals surface area contributed by atoms with Crippen molar-refractivity contribution >= 4 is 23.8 Å². The standard InChI is InChI=1S/C10H18O4.2C7H8N2O/c1-2-3-4-5-6-7-8(9(11)12)10(13)14;2*8-9-7(10)6-4-2-1-3-5-6/h8H,2-7H2,1H3,(H,11,12)(H,13,14);2*1-5H,8H2,(H,9,10). The molecule has 0 bridgehead atoms. The average Bonchev–Trinajstić information content (AvgIpc) is 2.86. The largest absolute Gasteiger partial charge is 0.481 e. The first-order valence-electron chi connectivity index (χ1n) is 10.9. The molecule has 8 N–H and O–H groups in total. The number of benzene rings is 2. The van der Waals surface area contributed by atoms with E-state index in [2.05, 4.69) is 6.92 Å². The zero-order valence-corrected chi connectivity index (χ0v) is 19.3. The van der Waals surface area contributed by atoms with Crippen LogP contribution < -0.4 is 22.5 Å². The molecule has 0 aromatic heterocycles. The normalized spacial score (nSPS) is 9.53. The van der Waals surface area contributed by atoms with Crippen molar-refractivity contribution < 1.29 is 29.4 Å². The molecular weight excluding hydrogens is 440 g/mol. The number of nitrogens with one attached hydrogen (secondary N) is 2. The Morgan fingerprint density at radius 1 is 0.706 bits per heavy atom. The predicted octanol–water partition coefficient (Wildman–Crippen LogP) is 2.71. The van der Waals surface area contributed by atoms with Crippen LogP contribution in [0.25, 0.3) is 0 Å². The molecule has 0 aliphatic carbocycles. The second-order valence-corrected chi connectivity index (χ2v) is 7.11. The van der Waals surface area contributed by atoms with Crippen molar-refractivity contribution in [2.24, 2.45) is 17.6 Å². The number of carboxylic acid groups (broad SMARTS) is 2. The number of carbonyl (C=O) groups is 4. The van der Waals surface area contributed by atoms with Crippen LogP contribution in [0.5, 0.6) is 0 Å². The van der Waals surface area contributed by atoms with Crippen LogP contribution in [-0.4, -0.2) is 34.0 Å². The molecule has 0 heterocycles. The van der Waals surface area contributed by atoms with Crippen molar-refractivity contribution in [3.05, 3.63) is 71.8 Å². The Balaban J connectivity index is 0.000000489. The lowest BCUT2D eigenvalue weighted by Crippen LogP contribution is -2.29. The van der Waals surface area contributed by atoms with E-state index in [0.717, 1.165) is 25.7 Å². The fourth-order valence-electron chi connectivity index (χ4n) is 2.65. The van der Waals surface area contributed by atoms with Crippen LogP contribution >= 0.6 is 0 Å². The second-order valence-electron chi connectivity index (χ2n) is 7.11. The van der Waals surface area contributed by atoms with Gasteiger partial charge in [0.05, 0.1) is 0 Å². The van der Waals surface area contributed by atoms with E-state index in [4.69, 9.17) is 21.9 Å². The molecule has 0 aliphatic heterocycles. The lowest BCUT2D eigenvalue weighted by molar-refractivity contribution is -0.154. The Kier molecular flexibility index (Phi) is 16.7. The number of amides is 2. The van der Waals surface area contributed by atoms with Gasteiger partial charge in [-0.15, -0.1) is 0 Å². The first-order chi connectivity index (χ1) is 16.3. The SMILES string of the molecule is CCCCCCCC(C(=O)O)C(=O)O.NNC(=O)c1ccccc1.NNC(=O)c1ccccc1. The molecule has 10 nitrogen and oxygen atoms in total. The maximum absolute atomic E-state index is 10.8. The minimum atomic E-state index is -1.23. The van der Waals surface area contributed by atoms with Crippen LogP contribution in [0.15, 0.2) is 60.7 Å². The van der Waals surface area contributed by atoms with Gasteiger partial charge in [0.15, 0.2) is 5.92 Å². The molecule has 2 rings (SSSR count). The van der Waals surface area contributed by atoms with E-state index in [1.165, 1.54) is 0 Å². The summed E-state index contributed by atoms with van der Waals surface area (Å²) in [6.07, 6.45) is 5.16. The summed E-state index contributed by atoms with van der Waals surface area (Å²) in [6, 6.07) is 17.6. The summed E-state index contributed by atoms with van der Waals surface area (Å²) in [5, 5.41) is 17.1. The van der Waals surface area contributed by atoms with Crippen LogP contribution in [0.4, 0.5) is 0 Å². The van der Waals surface area contributed by atoms with Gasteiger partial charge in [0.25, 0.3) is 11.8 Å². The zero-order valence-electron chi connectivity index (χ0n) is 19.3. The second kappa shape index (κ2) is 18.8. The molecule has 0 fully saturated rings. The molecule has 34 heavy (non-hydrogen) atoms. The third kappa shape index (κ3) is 13.6. The summed E-state index contributed by atoms with van der Waals surface area (Å²) in [5.74, 6) is 5.60. The molecule has 0 unspecified atom stereocenters. The number of hydrazine groups is 2. The summed E-state index contributed by atoms with van der Waals surface area (Å²) >= 11 is 0. The van der Waals surface area contributed by atoms with E-state index in [9.17, 15) is 19.2 Å². The highest BCUT2D eigenvalue weighted by Crippen LogP contribution is 2.12. The van der Waals surface area contributed by atoms with Crippen LogP contribution in [0.1, 0.15) is 66.2 Å². The molecule has 0 saturated carbocycles. The topological polar surface area (TPSA) is 185 Å². The van der Waals surface area contributed by atoms with Gasteiger partial charge < -0.3 is 10.2 Å². The highest BCUT2D eigenvalue weighted by Gasteiger charge is 2.24. The zero-order chi connectivity index (χ0) is 25.8. The Bertz CT molecular complexity index is 797. The Morgan fingerprint density at radius 2 is 1.09 bits per heavy atom. The van der Waals surface area contributed by atoms with Gasteiger partial charge in [-0.05, 0) is 30.7 Å². The number of nitrogen functional groups attached to an aromatic ring is 2. The van der Waals surface area contributed by atoms with Gasteiger partial charge in [0.2, 0.25) is 0 Å². The number of nitrogens with two attached hydrogens (primary N) is 2. The van der Waals surface area contributed by atoms with Crippen LogP contribution in [0.2, 0.25) is 0 Å². The van der Waals surface area contributed by atoms with E-state index in [1.54, 1.807) is 48.5 Å². The first-order valence-corrected chi connectivity index (χ1v) is 10.9. The van der Waals surface area contributed by atoms with E-state index in [1.807, 2.05) is 23.0 Å². The van der Waals surface area contributed by atoms with Crippen molar-refractivity contribution in [3.63, 3.8) is 0 Å². The minimum absolute atomic E-state index is 0.244. The quantitative estimate of drug-likeness (QED) is 0.0997. The average molecular weight is 475 g/mol. The van der Waals surface area contributed by atoms with E-state index in [-0.39, 0.29) is 18.2 Å². The fraction of sp³-hybridized carbons (Fsp3) is 0.333. The highest BCUT2D eigenvalue weighted by atomic mass is 16.4. The van der Waals surface area contributed by atoms with Gasteiger partial charge in [-0.3, -0.25) is 30.0 Å². The molecule has 2 amide bonds. The molecular formula is C24H34N4O6. The summed E-state index contributed by atoms with van der Waals surface area (Å²) in [7, 11) is 0. The summed E-state index contributed by atoms with van der Waals surface area (Å²) in [5.41, 5.74) is 5.23. The molecule has 186 valence electrons. The molecule has 0 atom stereocenters. The van der Waals surface area contributed by atoms with E-state index in [0.29, 0.717) is 17.5 Å². The third-order valence-electron chi connectivity index (χ3n) is 4.53. The molecule has 0 spiro atoms. The van der Waals surface area contributed by atoms with Crippen LogP contribution in [0.3, 0.4) is 0 Å². The van der Waals surface area contributed by atoms with Gasteiger partial charge in [0, 0.05) is 11.1 Å². The smallest absolute Gasteiger partial charge is 0.317 e. The van der Waals surface area contributed by atoms with Gasteiger partial charge in [-0.1, -0.05) is 75.4 Å². The third-order valence-corrected chi connectivity index (χ3v) is 4.53. The summed E-state index contributed by atoms with van der Waals surface area (Å²) in [6.45, 7) is 2.09. The predicted molar refractivity (Wildman–Crippen MR) is 128 cm³/mol. The Morgan fingerprint density at radius 3 is 1.41 bits per heavy atom. The lowest BCUT2D eigenvalue weighted by atomic mass is 10.0. The summed E-state index contributed by atoms with van der Waals surface area (Å²) in [4.78, 5) is 42.5. The van der Waals surface area contributed by atoms with Crippen molar-refractivity contribution in [2.75, 3.05) is 0 Å². The number of aliphatic carboxylic acids is 2. The van der Waals surface area contributed by atoms with Crippen molar-refractivity contribution in [1.82, 2.24) is 10.9 Å². The lowest BCUT2D eigenvalue weighted by Gasteiger charge is -2.06. The molecule has 0 radical (unpaired) electrons. The van der Waals surface area contributed by atoms with Gasteiger partial charge in [0.1, 0.15) is 0 Å². The van der Waals surface area contributed by atoms with Gasteiger partial charge in [-0.2, -0.15) is 0 Å². The summed E-state index contributed by atoms with van der Waals surface area (Å²) < 4.78 is 0. The molecule has 0 aliphatic rings. The highest BCUT2D eigenvalue weighted by molar-refractivity contribution is 5.94. The number of hydrogen-bond acceptors (Lipinski definition) is 6. The van der Waals surface area contributed by atoms with Crippen LogP contribution in [-0.2, 0) is 9.59 Å². The maximum atomic E-state index is 10.8. The number of carboxylic acids is 2. The number of carbonyl (C=O) groups excluding carboxylic acids is 2. The molecule has 10 heteroatoms. The number of unbranched alkanes of at least 4 members (excludes halogenated alkanes) is 4. The molecule has 2 aromatic carbocycles. The van der Waals surface area contributed by atoms with Crippen molar-refractivity contribution in [2.45, 2.75) is 45.4 Å². The van der Waals surface area contributed by atoms with E-state index < -0.39 is 17.9 Å². The fourth-order valence-corrected chi connectivity index (χ4v) is 2.65. The Hall–Kier alpha value is -3.76. The Labute approximate surface area is 199 Å². The van der Waals surface area contributed by atoms with Gasteiger partial charge in [-0.25, -0.2) is 11.7 Å². The maximum Gasteiger partial charge on any atom is 0.317 e. The van der Waals surface area contributed by atoms with Crippen molar-refractivity contribution in [1.29, 1.82) is 0 Å². The first kappa shape index (κ1) is 30.2. The number of hydrogen-bond donors (Lipinski definition) is 6.